The Kier molecular flexibility index (Phi) is 8.44. The van der Waals surface area contributed by atoms with E-state index in [2.05, 4.69) is 24.0 Å². The van der Waals surface area contributed by atoms with Crippen molar-refractivity contribution in [3.8, 4) is 0 Å². The molecular weight excluding hydrogens is 426 g/mol. The van der Waals surface area contributed by atoms with Gasteiger partial charge in [0.25, 0.3) is 0 Å². The summed E-state index contributed by atoms with van der Waals surface area (Å²) in [5.74, 6) is 1.16. The van der Waals surface area contributed by atoms with E-state index in [0.717, 1.165) is 38.8 Å². The second-order valence-electron chi connectivity index (χ2n) is 9.08. The van der Waals surface area contributed by atoms with E-state index >= 15 is 0 Å². The molecule has 0 spiro atoms. The summed E-state index contributed by atoms with van der Waals surface area (Å²) >= 11 is 0. The van der Waals surface area contributed by atoms with Crippen LogP contribution in [0.1, 0.15) is 46.5 Å². The van der Waals surface area contributed by atoms with Crippen LogP contribution in [0.2, 0.25) is 0 Å². The highest BCUT2D eigenvalue weighted by molar-refractivity contribution is 7.89. The van der Waals surface area contributed by atoms with Crippen molar-refractivity contribution in [1.29, 1.82) is 0 Å². The van der Waals surface area contributed by atoms with E-state index in [0.29, 0.717) is 31.5 Å². The number of para-hydroxylation sites is 1. The third kappa shape index (κ3) is 5.39. The second-order valence-corrected chi connectivity index (χ2v) is 11.3. The van der Waals surface area contributed by atoms with Crippen molar-refractivity contribution in [2.24, 2.45) is 17.8 Å². The fraction of sp³-hybridized carbons (Fsp3) is 0.708. The summed E-state index contributed by atoms with van der Waals surface area (Å²) in [4.78, 5) is 16.1. The van der Waals surface area contributed by atoms with Gasteiger partial charge >= 0.3 is 6.09 Å². The molecule has 0 aromatic heterocycles. The van der Waals surface area contributed by atoms with E-state index in [1.165, 1.54) is 5.69 Å². The van der Waals surface area contributed by atoms with E-state index in [1.54, 1.807) is 16.1 Å². The van der Waals surface area contributed by atoms with Gasteiger partial charge in [-0.25, -0.2) is 17.5 Å². The molecule has 8 heteroatoms. The minimum atomic E-state index is -3.15. The molecule has 180 valence electrons. The largest absolute Gasteiger partial charge is 0.465 e. The van der Waals surface area contributed by atoms with Gasteiger partial charge < -0.3 is 14.9 Å². The Labute approximate surface area is 193 Å². The average Bonchev–Trinajstić information content (AvgIpc) is 2.81. The number of amides is 1. The molecule has 3 unspecified atom stereocenters. The third-order valence-corrected chi connectivity index (χ3v) is 9.49. The topological polar surface area (TPSA) is 81.2 Å². The minimum absolute atomic E-state index is 0.000170. The lowest BCUT2D eigenvalue weighted by Gasteiger charge is -2.49. The van der Waals surface area contributed by atoms with E-state index < -0.39 is 16.1 Å². The SMILES string of the molecule is CCC(C1CCN(S(=O)(=O)CC)CC1)C1CN(c2ccccc2)CCC1N(CC)C(=O)O. The Hall–Kier alpha value is -1.80. The van der Waals surface area contributed by atoms with Gasteiger partial charge in [-0.2, -0.15) is 0 Å². The van der Waals surface area contributed by atoms with Crippen LogP contribution in [-0.4, -0.2) is 73.3 Å². The van der Waals surface area contributed by atoms with Crippen LogP contribution in [0.25, 0.3) is 0 Å². The quantitative estimate of drug-likeness (QED) is 0.628. The van der Waals surface area contributed by atoms with Gasteiger partial charge in [0.1, 0.15) is 0 Å². The number of carbonyl (C=O) groups is 1. The van der Waals surface area contributed by atoms with E-state index in [4.69, 9.17) is 0 Å². The van der Waals surface area contributed by atoms with Gasteiger partial charge in [0.2, 0.25) is 10.0 Å². The van der Waals surface area contributed by atoms with Crippen LogP contribution in [0.15, 0.2) is 30.3 Å². The first-order valence-corrected chi connectivity index (χ1v) is 13.7. The first-order chi connectivity index (χ1) is 15.3. The molecule has 2 saturated heterocycles. The Morgan fingerprint density at radius 1 is 1.09 bits per heavy atom. The van der Waals surface area contributed by atoms with Gasteiger partial charge in [0, 0.05) is 50.4 Å². The monoisotopic (exact) mass is 465 g/mol. The summed E-state index contributed by atoms with van der Waals surface area (Å²) in [5, 5.41) is 9.88. The highest BCUT2D eigenvalue weighted by Crippen LogP contribution is 2.40. The van der Waals surface area contributed by atoms with Crippen LogP contribution < -0.4 is 4.90 Å². The molecule has 0 saturated carbocycles. The van der Waals surface area contributed by atoms with Gasteiger partial charge in [0.15, 0.2) is 0 Å². The minimum Gasteiger partial charge on any atom is -0.465 e. The maximum absolute atomic E-state index is 12.3. The van der Waals surface area contributed by atoms with Crippen LogP contribution in [0.5, 0.6) is 0 Å². The highest BCUT2D eigenvalue weighted by atomic mass is 32.2. The molecule has 3 rings (SSSR count). The Bertz CT molecular complexity index is 840. The summed E-state index contributed by atoms with van der Waals surface area (Å²) in [6.45, 7) is 9.15. The fourth-order valence-corrected chi connectivity index (χ4v) is 7.04. The van der Waals surface area contributed by atoms with Crippen LogP contribution in [0.4, 0.5) is 10.5 Å². The molecule has 1 N–H and O–H groups in total. The van der Waals surface area contributed by atoms with Gasteiger partial charge in [-0.1, -0.05) is 31.5 Å². The Balaban J connectivity index is 1.82. The third-order valence-electron chi connectivity index (χ3n) is 7.61. The molecule has 7 nitrogen and oxygen atoms in total. The van der Waals surface area contributed by atoms with Gasteiger partial charge in [-0.05, 0) is 57.1 Å². The molecule has 1 aromatic rings. The van der Waals surface area contributed by atoms with Gasteiger partial charge in [0.05, 0.1) is 5.75 Å². The maximum Gasteiger partial charge on any atom is 0.407 e. The molecular formula is C24H39N3O4S. The fourth-order valence-electron chi connectivity index (χ4n) is 5.91. The molecule has 2 aliphatic heterocycles. The number of hydrogen-bond donors (Lipinski definition) is 1. The van der Waals surface area contributed by atoms with Crippen molar-refractivity contribution >= 4 is 21.8 Å². The molecule has 0 bridgehead atoms. The van der Waals surface area contributed by atoms with Crippen molar-refractivity contribution in [1.82, 2.24) is 9.21 Å². The van der Waals surface area contributed by atoms with Crippen LogP contribution >= 0.6 is 0 Å². The smallest absolute Gasteiger partial charge is 0.407 e. The van der Waals surface area contributed by atoms with Crippen molar-refractivity contribution in [2.75, 3.05) is 43.4 Å². The van der Waals surface area contributed by atoms with Crippen LogP contribution in [-0.2, 0) is 10.0 Å². The molecule has 2 heterocycles. The number of piperidine rings is 2. The molecule has 0 aliphatic carbocycles. The Morgan fingerprint density at radius 3 is 2.28 bits per heavy atom. The average molecular weight is 466 g/mol. The van der Waals surface area contributed by atoms with Gasteiger partial charge in [-0.3, -0.25) is 0 Å². The molecule has 2 aliphatic rings. The zero-order chi connectivity index (χ0) is 23.3. The van der Waals surface area contributed by atoms with Crippen molar-refractivity contribution in [3.63, 3.8) is 0 Å². The predicted molar refractivity (Wildman–Crippen MR) is 128 cm³/mol. The van der Waals surface area contributed by atoms with Crippen molar-refractivity contribution in [2.45, 2.75) is 52.5 Å². The molecule has 2 fully saturated rings. The van der Waals surface area contributed by atoms with Gasteiger partial charge in [-0.15, -0.1) is 0 Å². The van der Waals surface area contributed by atoms with Crippen molar-refractivity contribution < 1.29 is 18.3 Å². The Morgan fingerprint density at radius 2 is 1.75 bits per heavy atom. The summed E-state index contributed by atoms with van der Waals surface area (Å²) < 4.78 is 26.2. The van der Waals surface area contributed by atoms with E-state index in [9.17, 15) is 18.3 Å². The number of benzene rings is 1. The van der Waals surface area contributed by atoms with E-state index in [1.807, 2.05) is 25.1 Å². The molecule has 32 heavy (non-hydrogen) atoms. The number of anilines is 1. The first kappa shape index (κ1) is 24.8. The number of rotatable bonds is 8. The summed E-state index contributed by atoms with van der Waals surface area (Å²) in [6.07, 6.45) is 2.66. The molecule has 1 amide bonds. The second kappa shape index (κ2) is 10.9. The number of hydrogen-bond acceptors (Lipinski definition) is 4. The van der Waals surface area contributed by atoms with Crippen molar-refractivity contribution in [3.05, 3.63) is 30.3 Å². The molecule has 3 atom stereocenters. The number of sulfonamides is 1. The van der Waals surface area contributed by atoms with Crippen LogP contribution in [0.3, 0.4) is 0 Å². The van der Waals surface area contributed by atoms with E-state index in [-0.39, 0.29) is 17.7 Å². The lowest BCUT2D eigenvalue weighted by atomic mass is 9.70. The summed E-state index contributed by atoms with van der Waals surface area (Å²) in [6, 6.07) is 10.4. The molecule has 0 radical (unpaired) electrons. The zero-order valence-corrected chi connectivity index (χ0v) is 20.5. The lowest BCUT2D eigenvalue weighted by molar-refractivity contribution is 0.0522. The molecule has 1 aromatic carbocycles. The normalized spacial score (nSPS) is 24.3. The number of carboxylic acid groups (broad SMARTS) is 1. The first-order valence-electron chi connectivity index (χ1n) is 12.1. The predicted octanol–water partition coefficient (Wildman–Crippen LogP) is 3.97. The standard InChI is InChI=1S/C24H39N3O4S/c1-4-21(19-12-16-26(17-13-19)32(30,31)6-3)22-18-25(20-10-8-7-9-11-20)15-14-23(22)27(5-2)24(28)29/h7-11,19,21-23H,4-6,12-18H2,1-3H3,(H,28,29). The zero-order valence-electron chi connectivity index (χ0n) is 19.7. The summed E-state index contributed by atoms with van der Waals surface area (Å²) in [7, 11) is -3.15. The lowest BCUT2D eigenvalue weighted by Crippen LogP contribution is -2.56. The van der Waals surface area contributed by atoms with Crippen LogP contribution in [0, 0.1) is 17.8 Å². The number of nitrogens with zero attached hydrogens (tertiary/aromatic N) is 3. The highest BCUT2D eigenvalue weighted by Gasteiger charge is 2.42. The maximum atomic E-state index is 12.3. The summed E-state index contributed by atoms with van der Waals surface area (Å²) in [5.41, 5.74) is 1.19.